The summed E-state index contributed by atoms with van der Waals surface area (Å²) in [5, 5.41) is 0. The molecule has 0 radical (unpaired) electrons. The van der Waals surface area contributed by atoms with E-state index in [0.29, 0.717) is 30.3 Å². The Hall–Kier alpha value is -2.83. The van der Waals surface area contributed by atoms with Gasteiger partial charge in [-0.25, -0.2) is 12.7 Å². The third-order valence-corrected chi connectivity index (χ3v) is 6.98. The highest BCUT2D eigenvalue weighted by atomic mass is 32.2. The van der Waals surface area contributed by atoms with E-state index >= 15 is 0 Å². The number of ether oxygens (including phenoxy) is 2. The Morgan fingerprint density at radius 1 is 0.938 bits per heavy atom. The molecule has 1 aliphatic rings. The molecule has 1 saturated heterocycles. The van der Waals surface area contributed by atoms with Gasteiger partial charge in [0.25, 0.3) is 0 Å². The van der Waals surface area contributed by atoms with Gasteiger partial charge in [-0.2, -0.15) is 0 Å². The van der Waals surface area contributed by atoms with Crippen LogP contribution in [0, 0.1) is 0 Å². The molecule has 1 atom stereocenters. The minimum absolute atomic E-state index is 0.101. The molecule has 1 unspecified atom stereocenters. The summed E-state index contributed by atoms with van der Waals surface area (Å²) < 4.78 is 40.1. The number of para-hydroxylation sites is 1. The maximum absolute atomic E-state index is 13.8. The Morgan fingerprint density at radius 3 is 2.28 bits per heavy atom. The van der Waals surface area contributed by atoms with Crippen LogP contribution in [0.1, 0.15) is 31.9 Å². The third-order valence-electron chi connectivity index (χ3n) is 5.32. The van der Waals surface area contributed by atoms with E-state index in [4.69, 9.17) is 9.47 Å². The third kappa shape index (κ3) is 5.31. The molecule has 1 fully saturated rings. The first-order valence-corrected chi connectivity index (χ1v) is 12.4. The van der Waals surface area contributed by atoms with Gasteiger partial charge < -0.3 is 9.47 Å². The highest BCUT2D eigenvalue weighted by Crippen LogP contribution is 2.34. The van der Waals surface area contributed by atoms with Gasteiger partial charge in [0.05, 0.1) is 23.7 Å². The van der Waals surface area contributed by atoms with Crippen LogP contribution in [0.3, 0.4) is 0 Å². The summed E-state index contributed by atoms with van der Waals surface area (Å²) in [5.41, 5.74) is 2.79. The van der Waals surface area contributed by atoms with E-state index in [1.165, 1.54) is 4.31 Å². The van der Waals surface area contributed by atoms with Crippen molar-refractivity contribution in [2.45, 2.75) is 38.0 Å². The van der Waals surface area contributed by atoms with E-state index in [1.54, 1.807) is 24.3 Å². The van der Waals surface area contributed by atoms with Crippen LogP contribution in [0.25, 0.3) is 0 Å². The van der Waals surface area contributed by atoms with Crippen molar-refractivity contribution >= 4 is 21.4 Å². The van der Waals surface area contributed by atoms with Gasteiger partial charge in [0, 0.05) is 6.07 Å². The predicted molar refractivity (Wildman–Crippen MR) is 128 cm³/mol. The Labute approximate surface area is 190 Å². The molecular weight excluding hydrogens is 422 g/mol. The molecule has 0 aliphatic carbocycles. The van der Waals surface area contributed by atoms with E-state index in [1.807, 2.05) is 54.6 Å². The van der Waals surface area contributed by atoms with E-state index in [2.05, 4.69) is 20.8 Å². The van der Waals surface area contributed by atoms with Crippen molar-refractivity contribution < 1.29 is 17.9 Å². The lowest BCUT2D eigenvalue weighted by atomic mass is 9.84. The fourth-order valence-corrected chi connectivity index (χ4v) is 5.38. The average Bonchev–Trinajstić information content (AvgIpc) is 3.57. The number of anilines is 2. The smallest absolute Gasteiger partial charge is 0.243 e. The normalized spacial score (nSPS) is 15.9. The van der Waals surface area contributed by atoms with Gasteiger partial charge in [0.1, 0.15) is 18.5 Å². The van der Waals surface area contributed by atoms with Gasteiger partial charge in [0.2, 0.25) is 10.0 Å². The zero-order valence-corrected chi connectivity index (χ0v) is 19.5. The lowest BCUT2D eigenvalue weighted by Crippen LogP contribution is -2.28. The summed E-state index contributed by atoms with van der Waals surface area (Å²) in [6, 6.07) is 24.1. The predicted octanol–water partition coefficient (Wildman–Crippen LogP) is 5.43. The molecule has 1 aliphatic heterocycles. The van der Waals surface area contributed by atoms with Crippen LogP contribution in [0.5, 0.6) is 5.75 Å². The zero-order chi connectivity index (χ0) is 22.8. The van der Waals surface area contributed by atoms with Crippen LogP contribution < -0.4 is 9.04 Å². The van der Waals surface area contributed by atoms with Crippen LogP contribution in [0.15, 0.2) is 78.9 Å². The fourth-order valence-electron chi connectivity index (χ4n) is 3.73. The Balaban J connectivity index is 1.72. The number of hydrogen-bond donors (Lipinski definition) is 0. The number of epoxide rings is 1. The lowest BCUT2D eigenvalue weighted by Gasteiger charge is -2.27. The van der Waals surface area contributed by atoms with Crippen molar-refractivity contribution in [1.29, 1.82) is 0 Å². The lowest BCUT2D eigenvalue weighted by molar-refractivity contribution is 0.263. The fraction of sp³-hybridized carbons (Fsp3) is 0.308. The number of nitrogens with zero attached hydrogens (tertiary/aromatic N) is 1. The summed E-state index contributed by atoms with van der Waals surface area (Å²) in [6.45, 7) is 7.45. The minimum Gasteiger partial charge on any atom is -0.491 e. The van der Waals surface area contributed by atoms with Crippen LogP contribution in [0.4, 0.5) is 11.4 Å². The Kier molecular flexibility index (Phi) is 6.26. The molecule has 3 aromatic rings. The molecule has 0 N–H and O–H groups in total. The molecule has 5 nitrogen and oxygen atoms in total. The van der Waals surface area contributed by atoms with Crippen LogP contribution in [0.2, 0.25) is 0 Å². The van der Waals surface area contributed by atoms with Crippen molar-refractivity contribution in [1.82, 2.24) is 0 Å². The summed E-state index contributed by atoms with van der Waals surface area (Å²) in [4.78, 5) is 0. The summed E-state index contributed by atoms with van der Waals surface area (Å²) in [5.74, 6) is 0.514. The standard InChI is InChI=1S/C26H29NO4S/c1-26(2,3)25-15-8-7-10-20(25)19-32(28,29)27(21-11-5-4-6-12-21)22-13-9-14-23(16-22)30-17-24-18-31-24/h4-16,24H,17-19H2,1-3H3. The number of hydrogen-bond acceptors (Lipinski definition) is 4. The SMILES string of the molecule is CC(C)(C)c1ccccc1CS(=O)(=O)N(c1ccccc1)c1cccc(OCC2CO2)c1. The molecule has 0 bridgehead atoms. The number of benzene rings is 3. The molecule has 0 amide bonds. The summed E-state index contributed by atoms with van der Waals surface area (Å²) in [6.07, 6.45) is 0.126. The Bertz CT molecular complexity index is 1170. The monoisotopic (exact) mass is 451 g/mol. The van der Waals surface area contributed by atoms with Gasteiger partial charge in [0.15, 0.2) is 0 Å². The molecule has 0 saturated carbocycles. The van der Waals surface area contributed by atoms with Crippen molar-refractivity contribution in [2.24, 2.45) is 0 Å². The van der Waals surface area contributed by atoms with Crippen LogP contribution in [-0.2, 0) is 25.9 Å². The minimum atomic E-state index is -3.75. The number of rotatable bonds is 8. The quantitative estimate of drug-likeness (QED) is 0.429. The van der Waals surface area contributed by atoms with Gasteiger partial charge in [-0.05, 0) is 40.8 Å². The second kappa shape index (κ2) is 8.96. The van der Waals surface area contributed by atoms with Gasteiger partial charge in [-0.15, -0.1) is 0 Å². The zero-order valence-electron chi connectivity index (χ0n) is 18.7. The first-order chi connectivity index (χ1) is 15.2. The van der Waals surface area contributed by atoms with E-state index in [9.17, 15) is 8.42 Å². The van der Waals surface area contributed by atoms with Crippen molar-refractivity contribution in [3.8, 4) is 5.75 Å². The molecule has 6 heteroatoms. The first kappa shape index (κ1) is 22.4. The second-order valence-corrected chi connectivity index (χ2v) is 10.8. The van der Waals surface area contributed by atoms with Crippen molar-refractivity contribution in [3.63, 3.8) is 0 Å². The van der Waals surface area contributed by atoms with E-state index in [-0.39, 0.29) is 17.3 Å². The van der Waals surface area contributed by atoms with Gasteiger partial charge >= 0.3 is 0 Å². The summed E-state index contributed by atoms with van der Waals surface area (Å²) in [7, 11) is -3.75. The topological polar surface area (TPSA) is 59.1 Å². The van der Waals surface area contributed by atoms with Crippen molar-refractivity contribution in [3.05, 3.63) is 90.0 Å². The highest BCUT2D eigenvalue weighted by molar-refractivity contribution is 7.92. The molecule has 4 rings (SSSR count). The summed E-state index contributed by atoms with van der Waals surface area (Å²) >= 11 is 0. The maximum atomic E-state index is 13.8. The molecule has 1 heterocycles. The van der Waals surface area contributed by atoms with Crippen molar-refractivity contribution in [2.75, 3.05) is 17.5 Å². The van der Waals surface area contributed by atoms with E-state index < -0.39 is 10.0 Å². The van der Waals surface area contributed by atoms with Crippen LogP contribution in [-0.4, -0.2) is 27.7 Å². The molecular formula is C26H29NO4S. The first-order valence-electron chi connectivity index (χ1n) is 10.7. The molecule has 168 valence electrons. The molecule has 32 heavy (non-hydrogen) atoms. The van der Waals surface area contributed by atoms with Gasteiger partial charge in [-0.3, -0.25) is 0 Å². The average molecular weight is 452 g/mol. The highest BCUT2D eigenvalue weighted by Gasteiger charge is 2.28. The molecule has 0 spiro atoms. The largest absolute Gasteiger partial charge is 0.491 e. The van der Waals surface area contributed by atoms with Gasteiger partial charge in [-0.1, -0.05) is 69.3 Å². The second-order valence-electron chi connectivity index (χ2n) is 9.03. The molecule has 0 aromatic heterocycles. The molecule has 3 aromatic carbocycles. The van der Waals surface area contributed by atoms with E-state index in [0.717, 1.165) is 11.1 Å². The Morgan fingerprint density at radius 2 is 1.59 bits per heavy atom. The van der Waals surface area contributed by atoms with Crippen LogP contribution >= 0.6 is 0 Å². The number of sulfonamides is 1. The maximum Gasteiger partial charge on any atom is 0.243 e.